The van der Waals surface area contributed by atoms with E-state index in [1.165, 1.54) is 18.9 Å². The molecule has 0 aromatic heterocycles. The second-order valence-corrected chi connectivity index (χ2v) is 7.86. The van der Waals surface area contributed by atoms with E-state index in [1.807, 2.05) is 14.0 Å². The molecule has 1 aromatic carbocycles. The third kappa shape index (κ3) is 4.19. The molecule has 2 rings (SSSR count). The van der Waals surface area contributed by atoms with Gasteiger partial charge in [-0.15, -0.1) is 0 Å². The second-order valence-electron chi connectivity index (χ2n) is 5.74. The third-order valence-electron chi connectivity index (χ3n) is 4.15. The van der Waals surface area contributed by atoms with Crippen molar-refractivity contribution in [2.45, 2.75) is 50.1 Å². The Bertz CT molecular complexity index is 583. The minimum absolute atomic E-state index is 0.0340. The molecular formula is C15H23ClN2O2S. The van der Waals surface area contributed by atoms with Gasteiger partial charge in [0.25, 0.3) is 0 Å². The Labute approximate surface area is 132 Å². The zero-order valence-electron chi connectivity index (χ0n) is 12.5. The number of rotatable bonds is 6. The van der Waals surface area contributed by atoms with Crippen molar-refractivity contribution in [3.8, 4) is 0 Å². The fourth-order valence-corrected chi connectivity index (χ4v) is 4.55. The van der Waals surface area contributed by atoms with Gasteiger partial charge in [-0.05, 0) is 50.4 Å². The van der Waals surface area contributed by atoms with Crippen LogP contribution >= 0.6 is 11.6 Å². The first kappa shape index (κ1) is 16.7. The van der Waals surface area contributed by atoms with Gasteiger partial charge in [-0.1, -0.05) is 30.5 Å². The number of hydrogen-bond acceptors (Lipinski definition) is 3. The second kappa shape index (κ2) is 7.09. The summed E-state index contributed by atoms with van der Waals surface area (Å²) in [7, 11) is -1.68. The molecule has 1 aromatic rings. The monoisotopic (exact) mass is 330 g/mol. The molecule has 0 heterocycles. The first-order valence-electron chi connectivity index (χ1n) is 7.39. The first-order valence-corrected chi connectivity index (χ1v) is 9.25. The van der Waals surface area contributed by atoms with E-state index in [4.69, 9.17) is 11.6 Å². The highest BCUT2D eigenvalue weighted by molar-refractivity contribution is 7.89. The van der Waals surface area contributed by atoms with Crippen molar-refractivity contribution in [1.29, 1.82) is 0 Å². The molecule has 0 saturated heterocycles. The summed E-state index contributed by atoms with van der Waals surface area (Å²) in [6, 6.07) is 4.86. The Kier molecular flexibility index (Phi) is 5.66. The van der Waals surface area contributed by atoms with Crippen LogP contribution in [0, 0.1) is 5.92 Å². The zero-order chi connectivity index (χ0) is 15.5. The van der Waals surface area contributed by atoms with Gasteiger partial charge in [0.2, 0.25) is 10.0 Å². The molecule has 1 saturated carbocycles. The fraction of sp³-hybridized carbons (Fsp3) is 0.600. The van der Waals surface area contributed by atoms with Gasteiger partial charge in [-0.2, -0.15) is 0 Å². The highest BCUT2D eigenvalue weighted by Crippen LogP contribution is 2.28. The van der Waals surface area contributed by atoms with Crippen molar-refractivity contribution in [1.82, 2.24) is 10.0 Å². The maximum absolute atomic E-state index is 12.4. The van der Waals surface area contributed by atoms with Gasteiger partial charge >= 0.3 is 0 Å². The molecule has 0 bridgehead atoms. The summed E-state index contributed by atoms with van der Waals surface area (Å²) in [5.74, 6) is 0.443. The Morgan fingerprint density at radius 3 is 2.57 bits per heavy atom. The predicted octanol–water partition coefficient (Wildman–Crippen LogP) is 2.92. The van der Waals surface area contributed by atoms with E-state index in [-0.39, 0.29) is 10.9 Å². The van der Waals surface area contributed by atoms with Gasteiger partial charge in [-0.3, -0.25) is 0 Å². The van der Waals surface area contributed by atoms with Gasteiger partial charge < -0.3 is 5.32 Å². The number of benzene rings is 1. The molecule has 1 fully saturated rings. The minimum Gasteiger partial charge on any atom is -0.316 e. The van der Waals surface area contributed by atoms with Crippen LogP contribution in [0.25, 0.3) is 0 Å². The molecule has 118 valence electrons. The van der Waals surface area contributed by atoms with Crippen molar-refractivity contribution in [2.75, 3.05) is 7.05 Å². The average molecular weight is 331 g/mol. The number of nitrogens with one attached hydrogen (secondary N) is 2. The quantitative estimate of drug-likeness (QED) is 0.843. The highest BCUT2D eigenvalue weighted by atomic mass is 35.5. The maximum atomic E-state index is 12.4. The van der Waals surface area contributed by atoms with Crippen LogP contribution in [0.5, 0.6) is 0 Å². The minimum atomic E-state index is -3.51. The molecule has 0 spiro atoms. The first-order chi connectivity index (χ1) is 9.94. The normalized spacial score (nSPS) is 18.0. The molecule has 0 radical (unpaired) electrons. The molecule has 2 N–H and O–H groups in total. The molecular weight excluding hydrogens is 308 g/mol. The summed E-state index contributed by atoms with van der Waals surface area (Å²) in [6.07, 6.45) is 4.60. The van der Waals surface area contributed by atoms with Gasteiger partial charge in [0.1, 0.15) is 0 Å². The summed E-state index contributed by atoms with van der Waals surface area (Å²) in [5.41, 5.74) is 0.891. The molecule has 1 aliphatic carbocycles. The van der Waals surface area contributed by atoms with E-state index in [0.717, 1.165) is 18.4 Å². The van der Waals surface area contributed by atoms with Crippen LogP contribution < -0.4 is 10.0 Å². The lowest BCUT2D eigenvalue weighted by atomic mass is 10.0. The van der Waals surface area contributed by atoms with Crippen molar-refractivity contribution in [2.24, 2.45) is 5.92 Å². The predicted molar refractivity (Wildman–Crippen MR) is 86.0 cm³/mol. The number of halogens is 1. The molecule has 1 unspecified atom stereocenters. The van der Waals surface area contributed by atoms with E-state index >= 15 is 0 Å². The van der Waals surface area contributed by atoms with Crippen molar-refractivity contribution in [3.05, 3.63) is 28.8 Å². The van der Waals surface area contributed by atoms with Crippen LogP contribution in [0.1, 0.15) is 38.2 Å². The summed E-state index contributed by atoms with van der Waals surface area (Å²) in [4.78, 5) is 0.234. The highest BCUT2D eigenvalue weighted by Gasteiger charge is 2.26. The summed E-state index contributed by atoms with van der Waals surface area (Å²) in [5, 5.41) is 3.48. The van der Waals surface area contributed by atoms with Crippen LogP contribution in [-0.2, 0) is 16.6 Å². The molecule has 4 nitrogen and oxygen atoms in total. The molecule has 1 atom stereocenters. The van der Waals surface area contributed by atoms with Crippen molar-refractivity contribution in [3.63, 3.8) is 0 Å². The third-order valence-corrected chi connectivity index (χ3v) is 6.06. The van der Waals surface area contributed by atoms with Crippen molar-refractivity contribution < 1.29 is 8.42 Å². The Hall–Kier alpha value is -0.620. The van der Waals surface area contributed by atoms with Crippen LogP contribution in [0.3, 0.4) is 0 Å². The lowest BCUT2D eigenvalue weighted by Gasteiger charge is -2.20. The van der Waals surface area contributed by atoms with Gasteiger partial charge in [-0.25, -0.2) is 13.1 Å². The lowest BCUT2D eigenvalue weighted by Crippen LogP contribution is -2.37. The van der Waals surface area contributed by atoms with Crippen molar-refractivity contribution >= 4 is 21.6 Å². The molecule has 6 heteroatoms. The molecule has 0 aliphatic heterocycles. The van der Waals surface area contributed by atoms with E-state index < -0.39 is 10.0 Å². The topological polar surface area (TPSA) is 58.2 Å². The van der Waals surface area contributed by atoms with E-state index in [9.17, 15) is 8.42 Å². The van der Waals surface area contributed by atoms with Crippen LogP contribution in [0.15, 0.2) is 23.1 Å². The van der Waals surface area contributed by atoms with Gasteiger partial charge in [0, 0.05) is 17.6 Å². The number of sulfonamides is 1. The van der Waals surface area contributed by atoms with Gasteiger partial charge in [0.15, 0.2) is 0 Å². The fourth-order valence-electron chi connectivity index (χ4n) is 2.90. The van der Waals surface area contributed by atoms with E-state index in [2.05, 4.69) is 10.0 Å². The Morgan fingerprint density at radius 1 is 1.33 bits per heavy atom. The summed E-state index contributed by atoms with van der Waals surface area (Å²) in [6.45, 7) is 2.57. The maximum Gasteiger partial charge on any atom is 0.240 e. The summed E-state index contributed by atoms with van der Waals surface area (Å²) >= 11 is 6.15. The summed E-state index contributed by atoms with van der Waals surface area (Å²) < 4.78 is 27.7. The molecule has 0 amide bonds. The van der Waals surface area contributed by atoms with Crippen LogP contribution in [0.2, 0.25) is 5.02 Å². The lowest BCUT2D eigenvalue weighted by molar-refractivity contribution is 0.424. The van der Waals surface area contributed by atoms with Crippen LogP contribution in [-0.4, -0.2) is 21.5 Å². The SMILES string of the molecule is CNCc1ccc(S(=O)(=O)NC(C)C2CCCC2)cc1Cl. The Balaban J connectivity index is 2.13. The smallest absolute Gasteiger partial charge is 0.240 e. The van der Waals surface area contributed by atoms with E-state index in [1.54, 1.807) is 12.1 Å². The largest absolute Gasteiger partial charge is 0.316 e. The average Bonchev–Trinajstić information content (AvgIpc) is 2.95. The zero-order valence-corrected chi connectivity index (χ0v) is 14.1. The Morgan fingerprint density at radius 2 is 2.00 bits per heavy atom. The number of hydrogen-bond donors (Lipinski definition) is 2. The standard InChI is InChI=1S/C15H23ClN2O2S/c1-11(12-5-3-4-6-12)18-21(19,20)14-8-7-13(10-17-2)15(16)9-14/h7-9,11-12,17-18H,3-6,10H2,1-2H3. The molecule has 1 aliphatic rings. The molecule has 21 heavy (non-hydrogen) atoms. The van der Waals surface area contributed by atoms with E-state index in [0.29, 0.717) is 17.5 Å². The van der Waals surface area contributed by atoms with Gasteiger partial charge in [0.05, 0.1) is 4.90 Å². The van der Waals surface area contributed by atoms with Crippen LogP contribution in [0.4, 0.5) is 0 Å².